The van der Waals surface area contributed by atoms with Gasteiger partial charge in [-0.25, -0.2) is 0 Å². The Morgan fingerprint density at radius 3 is 2.02 bits per heavy atom. The van der Waals surface area contributed by atoms with E-state index in [1.807, 2.05) is 0 Å². The Morgan fingerprint density at radius 1 is 0.622 bits per heavy atom. The minimum Gasteiger partial charge on any atom is -0.381 e. The topological polar surface area (TPSA) is 37.0 Å². The molecule has 1 atom stereocenters. The molecule has 0 bridgehead atoms. The Kier molecular flexibility index (Phi) is 8.98. The van der Waals surface area contributed by atoms with Gasteiger partial charge >= 0.3 is 0 Å². The van der Waals surface area contributed by atoms with Crippen molar-refractivity contribution < 1.29 is 0 Å². The summed E-state index contributed by atoms with van der Waals surface area (Å²) in [6.45, 7) is 11.9. The molecule has 1 heterocycles. The molecule has 5 aromatic carbocycles. The lowest BCUT2D eigenvalue weighted by Gasteiger charge is -2.27. The first-order chi connectivity index (χ1) is 21.9. The highest BCUT2D eigenvalue weighted by Gasteiger charge is 2.22. The normalized spacial score (nSPS) is 12.1. The standard InChI is InChI=1S/C42H43N3/c1-28(2)34-20-13-21-35(29(3)4)42(34)45-41(32-17-7-6-8-18-32)39-24-14-23-38(44-39)40-33(26-25-31-16-10-11-19-36(31)40)27-43-37-22-12-9-15-30(37)5/h6-26,28-29,41,43,45H,27H2,1-5H3. The van der Waals surface area contributed by atoms with Crippen molar-refractivity contribution in [3.63, 3.8) is 0 Å². The monoisotopic (exact) mass is 589 g/mol. The van der Waals surface area contributed by atoms with E-state index >= 15 is 0 Å². The van der Waals surface area contributed by atoms with Crippen LogP contribution in [0.3, 0.4) is 0 Å². The van der Waals surface area contributed by atoms with Crippen LogP contribution in [0.25, 0.3) is 22.0 Å². The summed E-state index contributed by atoms with van der Waals surface area (Å²) in [7, 11) is 0. The summed E-state index contributed by atoms with van der Waals surface area (Å²) in [5.74, 6) is 0.779. The van der Waals surface area contributed by atoms with E-state index in [4.69, 9.17) is 4.98 Å². The molecule has 3 nitrogen and oxygen atoms in total. The molecule has 0 spiro atoms. The number of anilines is 2. The Balaban J connectivity index is 1.48. The molecule has 0 fully saturated rings. The zero-order chi connectivity index (χ0) is 31.3. The van der Waals surface area contributed by atoms with Crippen LogP contribution in [-0.2, 0) is 6.54 Å². The van der Waals surface area contributed by atoms with E-state index < -0.39 is 0 Å². The van der Waals surface area contributed by atoms with Crippen molar-refractivity contribution in [2.75, 3.05) is 10.6 Å². The number of para-hydroxylation sites is 2. The van der Waals surface area contributed by atoms with E-state index in [0.29, 0.717) is 18.4 Å². The lowest BCUT2D eigenvalue weighted by Crippen LogP contribution is -2.17. The molecule has 45 heavy (non-hydrogen) atoms. The van der Waals surface area contributed by atoms with Gasteiger partial charge in [-0.2, -0.15) is 0 Å². The number of nitrogens with zero attached hydrogens (tertiary/aromatic N) is 1. The molecule has 1 unspecified atom stereocenters. The summed E-state index contributed by atoms with van der Waals surface area (Å²) in [6.07, 6.45) is 0. The summed E-state index contributed by atoms with van der Waals surface area (Å²) >= 11 is 0. The molecule has 6 rings (SSSR count). The van der Waals surface area contributed by atoms with Crippen LogP contribution in [0.2, 0.25) is 0 Å². The van der Waals surface area contributed by atoms with E-state index in [0.717, 1.165) is 17.1 Å². The number of nitrogens with one attached hydrogen (secondary N) is 2. The number of pyridine rings is 1. The van der Waals surface area contributed by atoms with Crippen LogP contribution in [0, 0.1) is 6.92 Å². The Hall–Kier alpha value is -4.89. The van der Waals surface area contributed by atoms with Gasteiger partial charge in [0.1, 0.15) is 0 Å². The first-order valence-corrected chi connectivity index (χ1v) is 16.1. The summed E-state index contributed by atoms with van der Waals surface area (Å²) < 4.78 is 0. The average molecular weight is 590 g/mol. The molecule has 0 aliphatic carbocycles. The SMILES string of the molecule is Cc1ccccc1NCc1ccc2ccccc2c1-c1cccc(C(Nc2c(C(C)C)cccc2C(C)C)c2ccccc2)n1. The van der Waals surface area contributed by atoms with Crippen molar-refractivity contribution >= 4 is 22.1 Å². The van der Waals surface area contributed by atoms with Gasteiger partial charge in [-0.3, -0.25) is 4.98 Å². The molecular formula is C42H43N3. The van der Waals surface area contributed by atoms with Crippen molar-refractivity contribution in [3.05, 3.63) is 161 Å². The van der Waals surface area contributed by atoms with Gasteiger partial charge in [0.2, 0.25) is 0 Å². The van der Waals surface area contributed by atoms with E-state index in [1.165, 1.54) is 49.8 Å². The number of fused-ring (bicyclic) bond motifs is 1. The second-order valence-electron chi connectivity index (χ2n) is 12.5. The third-order valence-electron chi connectivity index (χ3n) is 8.75. The maximum atomic E-state index is 5.46. The molecule has 0 aliphatic rings. The van der Waals surface area contributed by atoms with Crippen LogP contribution >= 0.6 is 0 Å². The summed E-state index contributed by atoms with van der Waals surface area (Å²) in [4.78, 5) is 5.46. The predicted molar refractivity (Wildman–Crippen MR) is 192 cm³/mol. The fraction of sp³-hybridized carbons (Fsp3) is 0.214. The molecule has 1 aromatic heterocycles. The van der Waals surface area contributed by atoms with Gasteiger partial charge in [0.15, 0.2) is 0 Å². The first-order valence-electron chi connectivity index (χ1n) is 16.1. The first kappa shape index (κ1) is 30.1. The molecule has 0 aliphatic heterocycles. The van der Waals surface area contributed by atoms with Gasteiger partial charge in [-0.15, -0.1) is 0 Å². The van der Waals surface area contributed by atoms with Gasteiger partial charge in [0.05, 0.1) is 17.4 Å². The molecule has 0 saturated carbocycles. The van der Waals surface area contributed by atoms with Crippen molar-refractivity contribution in [2.45, 2.75) is 59.0 Å². The Bertz CT molecular complexity index is 1880. The van der Waals surface area contributed by atoms with Gasteiger partial charge < -0.3 is 10.6 Å². The number of hydrogen-bond acceptors (Lipinski definition) is 3. The molecule has 3 heteroatoms. The maximum Gasteiger partial charge on any atom is 0.0940 e. The zero-order valence-corrected chi connectivity index (χ0v) is 27.0. The third kappa shape index (κ3) is 6.49. The van der Waals surface area contributed by atoms with Crippen molar-refractivity contribution in [2.24, 2.45) is 0 Å². The lowest BCUT2D eigenvalue weighted by atomic mass is 9.91. The summed E-state index contributed by atoms with van der Waals surface area (Å²) in [5.41, 5.74) is 11.8. The van der Waals surface area contributed by atoms with Crippen LogP contribution in [0.4, 0.5) is 11.4 Å². The highest BCUT2D eigenvalue weighted by Crippen LogP contribution is 2.38. The largest absolute Gasteiger partial charge is 0.381 e. The van der Waals surface area contributed by atoms with E-state index in [2.05, 4.69) is 173 Å². The summed E-state index contributed by atoms with van der Waals surface area (Å²) in [6, 6.07) is 45.4. The van der Waals surface area contributed by atoms with Crippen LogP contribution < -0.4 is 10.6 Å². The number of benzene rings is 5. The lowest BCUT2D eigenvalue weighted by molar-refractivity contribution is 0.814. The van der Waals surface area contributed by atoms with Gasteiger partial charge in [0.25, 0.3) is 0 Å². The summed E-state index contributed by atoms with van der Waals surface area (Å²) in [5, 5.41) is 10.1. The maximum absolute atomic E-state index is 5.46. The van der Waals surface area contributed by atoms with Gasteiger partial charge in [0, 0.05) is 23.5 Å². The Morgan fingerprint density at radius 2 is 1.29 bits per heavy atom. The van der Waals surface area contributed by atoms with Crippen molar-refractivity contribution in [1.29, 1.82) is 0 Å². The quantitative estimate of drug-likeness (QED) is 0.167. The minimum absolute atomic E-state index is 0.118. The fourth-order valence-electron chi connectivity index (χ4n) is 6.32. The molecule has 0 amide bonds. The van der Waals surface area contributed by atoms with E-state index in [1.54, 1.807) is 0 Å². The smallest absolute Gasteiger partial charge is 0.0940 e. The van der Waals surface area contributed by atoms with Crippen LogP contribution in [-0.4, -0.2) is 4.98 Å². The van der Waals surface area contributed by atoms with Crippen LogP contribution in [0.1, 0.15) is 79.1 Å². The van der Waals surface area contributed by atoms with Crippen molar-refractivity contribution in [1.82, 2.24) is 4.98 Å². The molecule has 0 saturated heterocycles. The molecule has 2 N–H and O–H groups in total. The third-order valence-corrected chi connectivity index (χ3v) is 8.75. The molecular weight excluding hydrogens is 546 g/mol. The highest BCUT2D eigenvalue weighted by molar-refractivity contribution is 5.97. The average Bonchev–Trinajstić information content (AvgIpc) is 3.06. The van der Waals surface area contributed by atoms with E-state index in [-0.39, 0.29) is 6.04 Å². The molecule has 6 aromatic rings. The number of rotatable bonds is 10. The predicted octanol–water partition coefficient (Wildman–Crippen LogP) is 11.3. The second-order valence-corrected chi connectivity index (χ2v) is 12.5. The zero-order valence-electron chi connectivity index (χ0n) is 27.0. The van der Waals surface area contributed by atoms with Gasteiger partial charge in [-0.05, 0) is 75.5 Å². The minimum atomic E-state index is -0.118. The fourth-order valence-corrected chi connectivity index (χ4v) is 6.32. The van der Waals surface area contributed by atoms with E-state index in [9.17, 15) is 0 Å². The molecule has 226 valence electrons. The van der Waals surface area contributed by atoms with Crippen LogP contribution in [0.5, 0.6) is 0 Å². The molecule has 0 radical (unpaired) electrons. The second kappa shape index (κ2) is 13.4. The number of aryl methyl sites for hydroxylation is 1. The van der Waals surface area contributed by atoms with Crippen molar-refractivity contribution in [3.8, 4) is 11.3 Å². The van der Waals surface area contributed by atoms with Gasteiger partial charge in [-0.1, -0.05) is 137 Å². The Labute approximate surface area is 268 Å². The van der Waals surface area contributed by atoms with Crippen LogP contribution in [0.15, 0.2) is 127 Å². The highest BCUT2D eigenvalue weighted by atomic mass is 15.0. The number of hydrogen-bond donors (Lipinski definition) is 2. The number of aromatic nitrogens is 1.